The van der Waals surface area contributed by atoms with Crippen LogP contribution in [0.25, 0.3) is 0 Å². The van der Waals surface area contributed by atoms with Crippen molar-refractivity contribution in [1.82, 2.24) is 0 Å². The largest absolute Gasteiger partial charge is 0.497 e. The van der Waals surface area contributed by atoms with Crippen LogP contribution < -0.4 is 9.47 Å². The second kappa shape index (κ2) is 6.74. The van der Waals surface area contributed by atoms with Gasteiger partial charge < -0.3 is 14.7 Å². The second-order valence-corrected chi connectivity index (χ2v) is 4.46. The van der Waals surface area contributed by atoms with Crippen LogP contribution in [0.3, 0.4) is 0 Å². The molecular formula is C16H16FNO3. The Bertz CT molecular complexity index is 638. The summed E-state index contributed by atoms with van der Waals surface area (Å²) >= 11 is 0. The minimum absolute atomic E-state index is 0.277. The molecule has 0 aromatic heterocycles. The van der Waals surface area contributed by atoms with Gasteiger partial charge in [0.1, 0.15) is 23.9 Å². The van der Waals surface area contributed by atoms with Gasteiger partial charge in [0.25, 0.3) is 0 Å². The van der Waals surface area contributed by atoms with Crippen LogP contribution in [0, 0.1) is 5.82 Å². The maximum Gasteiger partial charge on any atom is 0.131 e. The molecule has 0 unspecified atom stereocenters. The second-order valence-electron chi connectivity index (χ2n) is 4.46. The maximum absolute atomic E-state index is 13.3. The van der Waals surface area contributed by atoms with Crippen molar-refractivity contribution in [3.8, 4) is 11.5 Å². The van der Waals surface area contributed by atoms with E-state index in [-0.39, 0.29) is 6.61 Å². The van der Waals surface area contributed by atoms with Crippen molar-refractivity contribution >= 4 is 5.71 Å². The van der Waals surface area contributed by atoms with E-state index >= 15 is 0 Å². The fourth-order valence-electron chi connectivity index (χ4n) is 1.85. The predicted molar refractivity (Wildman–Crippen MR) is 77.7 cm³/mol. The van der Waals surface area contributed by atoms with Crippen LogP contribution in [0.4, 0.5) is 4.39 Å². The van der Waals surface area contributed by atoms with Crippen molar-refractivity contribution in [2.45, 2.75) is 13.5 Å². The lowest BCUT2D eigenvalue weighted by Gasteiger charge is -2.11. The molecule has 2 aromatic rings. The van der Waals surface area contributed by atoms with Crippen molar-refractivity contribution in [2.24, 2.45) is 5.16 Å². The van der Waals surface area contributed by atoms with E-state index in [1.54, 1.807) is 14.0 Å². The number of hydrogen-bond donors (Lipinski definition) is 1. The molecule has 0 radical (unpaired) electrons. The molecule has 0 bridgehead atoms. The van der Waals surface area contributed by atoms with Gasteiger partial charge >= 0.3 is 0 Å². The number of halogens is 1. The summed E-state index contributed by atoms with van der Waals surface area (Å²) in [4.78, 5) is 0. The average Bonchev–Trinajstić information content (AvgIpc) is 2.52. The lowest BCUT2D eigenvalue weighted by atomic mass is 10.1. The number of benzene rings is 2. The minimum Gasteiger partial charge on any atom is -0.497 e. The van der Waals surface area contributed by atoms with E-state index in [2.05, 4.69) is 5.16 Å². The summed E-state index contributed by atoms with van der Waals surface area (Å²) in [6.45, 7) is 1.90. The SMILES string of the molecule is COc1ccc(COc2cc(F)ccc2C(C)=NO)cc1. The molecule has 0 atom stereocenters. The van der Waals surface area contributed by atoms with Crippen molar-refractivity contribution in [1.29, 1.82) is 0 Å². The lowest BCUT2D eigenvalue weighted by molar-refractivity contribution is 0.301. The van der Waals surface area contributed by atoms with E-state index in [9.17, 15) is 4.39 Å². The van der Waals surface area contributed by atoms with Gasteiger partial charge in [-0.2, -0.15) is 0 Å². The highest BCUT2D eigenvalue weighted by atomic mass is 19.1. The molecule has 0 aliphatic heterocycles. The van der Waals surface area contributed by atoms with Gasteiger partial charge in [-0.25, -0.2) is 4.39 Å². The predicted octanol–water partition coefficient (Wildman–Crippen LogP) is 3.61. The van der Waals surface area contributed by atoms with Gasteiger partial charge in [-0.05, 0) is 36.8 Å². The summed E-state index contributed by atoms with van der Waals surface area (Å²) in [5, 5.41) is 12.0. The van der Waals surface area contributed by atoms with Crippen LogP contribution in [0.15, 0.2) is 47.6 Å². The van der Waals surface area contributed by atoms with E-state index in [4.69, 9.17) is 14.7 Å². The summed E-state index contributed by atoms with van der Waals surface area (Å²) in [5.41, 5.74) is 1.83. The highest BCUT2D eigenvalue weighted by Crippen LogP contribution is 2.22. The molecule has 0 fully saturated rings. The standard InChI is InChI=1S/C16H16FNO3/c1-11(18-19)15-8-5-13(17)9-16(15)21-10-12-3-6-14(20-2)7-4-12/h3-9,19H,10H2,1-2H3. The van der Waals surface area contributed by atoms with Crippen LogP contribution in [0.1, 0.15) is 18.1 Å². The minimum atomic E-state index is -0.408. The van der Waals surface area contributed by atoms with E-state index in [1.165, 1.54) is 18.2 Å². The zero-order valence-corrected chi connectivity index (χ0v) is 11.8. The Kier molecular flexibility index (Phi) is 4.77. The van der Waals surface area contributed by atoms with Gasteiger partial charge in [-0.3, -0.25) is 0 Å². The first kappa shape index (κ1) is 14.8. The number of nitrogens with zero attached hydrogens (tertiary/aromatic N) is 1. The summed E-state index contributed by atoms with van der Waals surface area (Å²) in [6, 6.07) is 11.5. The number of oxime groups is 1. The maximum atomic E-state index is 13.3. The smallest absolute Gasteiger partial charge is 0.131 e. The molecule has 0 aliphatic rings. The zero-order chi connectivity index (χ0) is 15.2. The van der Waals surface area contributed by atoms with Gasteiger partial charge in [-0.1, -0.05) is 17.3 Å². The van der Waals surface area contributed by atoms with Crippen molar-refractivity contribution in [3.05, 3.63) is 59.4 Å². The average molecular weight is 289 g/mol. The van der Waals surface area contributed by atoms with Gasteiger partial charge in [-0.15, -0.1) is 0 Å². The number of ether oxygens (including phenoxy) is 2. The van der Waals surface area contributed by atoms with Gasteiger partial charge in [0.15, 0.2) is 0 Å². The molecule has 2 rings (SSSR count). The van der Waals surface area contributed by atoms with Gasteiger partial charge in [0.2, 0.25) is 0 Å². The zero-order valence-electron chi connectivity index (χ0n) is 11.8. The molecule has 5 heteroatoms. The summed E-state index contributed by atoms with van der Waals surface area (Å²) in [6.07, 6.45) is 0. The molecule has 0 saturated carbocycles. The van der Waals surface area contributed by atoms with Crippen molar-refractivity contribution in [3.63, 3.8) is 0 Å². The third-order valence-corrected chi connectivity index (χ3v) is 3.04. The number of methoxy groups -OCH3 is 1. The van der Waals surface area contributed by atoms with Crippen LogP contribution in [0.5, 0.6) is 11.5 Å². The summed E-state index contributed by atoms with van der Waals surface area (Å²) in [7, 11) is 1.60. The fraction of sp³-hybridized carbons (Fsp3) is 0.188. The van der Waals surface area contributed by atoms with E-state index in [1.807, 2.05) is 24.3 Å². The molecule has 0 heterocycles. The van der Waals surface area contributed by atoms with Gasteiger partial charge in [0, 0.05) is 11.6 Å². The van der Waals surface area contributed by atoms with Crippen LogP contribution in [-0.2, 0) is 6.61 Å². The number of rotatable bonds is 5. The van der Waals surface area contributed by atoms with E-state index in [0.717, 1.165) is 11.3 Å². The van der Waals surface area contributed by atoms with Crippen LogP contribution in [0.2, 0.25) is 0 Å². The van der Waals surface area contributed by atoms with Crippen molar-refractivity contribution < 1.29 is 19.1 Å². The first-order valence-corrected chi connectivity index (χ1v) is 6.38. The Balaban J connectivity index is 2.16. The first-order valence-electron chi connectivity index (χ1n) is 6.38. The quantitative estimate of drug-likeness (QED) is 0.519. The molecule has 0 spiro atoms. The Morgan fingerprint density at radius 3 is 2.52 bits per heavy atom. The van der Waals surface area contributed by atoms with E-state index < -0.39 is 5.82 Å². The third kappa shape index (κ3) is 3.72. The van der Waals surface area contributed by atoms with Crippen LogP contribution >= 0.6 is 0 Å². The normalized spacial score (nSPS) is 11.3. The molecule has 21 heavy (non-hydrogen) atoms. The molecule has 1 N–H and O–H groups in total. The first-order chi connectivity index (χ1) is 10.1. The monoisotopic (exact) mass is 289 g/mol. The summed E-state index contributed by atoms with van der Waals surface area (Å²) < 4.78 is 24.0. The lowest BCUT2D eigenvalue weighted by Crippen LogP contribution is -2.03. The highest BCUT2D eigenvalue weighted by Gasteiger charge is 2.09. The van der Waals surface area contributed by atoms with Crippen LogP contribution in [-0.4, -0.2) is 18.0 Å². The molecule has 0 aliphatic carbocycles. The third-order valence-electron chi connectivity index (χ3n) is 3.04. The molecular weight excluding hydrogens is 273 g/mol. The molecule has 0 amide bonds. The Morgan fingerprint density at radius 2 is 1.90 bits per heavy atom. The molecule has 0 saturated heterocycles. The topological polar surface area (TPSA) is 51.0 Å². The Labute approximate surface area is 122 Å². The van der Waals surface area contributed by atoms with E-state index in [0.29, 0.717) is 17.0 Å². The highest BCUT2D eigenvalue weighted by molar-refractivity contribution is 6.00. The Hall–Kier alpha value is -2.56. The molecule has 4 nitrogen and oxygen atoms in total. The molecule has 2 aromatic carbocycles. The Morgan fingerprint density at radius 1 is 1.19 bits per heavy atom. The fourth-order valence-corrected chi connectivity index (χ4v) is 1.85. The molecule has 110 valence electrons. The number of hydrogen-bond acceptors (Lipinski definition) is 4. The van der Waals surface area contributed by atoms with Gasteiger partial charge in [0.05, 0.1) is 12.8 Å². The van der Waals surface area contributed by atoms with Crippen molar-refractivity contribution in [2.75, 3.05) is 7.11 Å². The summed E-state index contributed by atoms with van der Waals surface area (Å²) in [5.74, 6) is 0.684.